The number of amides is 1. The second kappa shape index (κ2) is 4.14. The molecule has 0 spiro atoms. The predicted octanol–water partition coefficient (Wildman–Crippen LogP) is 1.15. The molecule has 1 saturated heterocycles. The lowest BCUT2D eigenvalue weighted by atomic mass is 9.97. The summed E-state index contributed by atoms with van der Waals surface area (Å²) in [5.41, 5.74) is 6.53. The van der Waals surface area contributed by atoms with Gasteiger partial charge in [-0.1, -0.05) is 0 Å². The van der Waals surface area contributed by atoms with Gasteiger partial charge in [0.1, 0.15) is 11.8 Å². The SMILES string of the molecule is CCOc1ccc(N2C(=O)[C@H](N)[C@@H]2C)cc1. The molecule has 1 amide bonds. The summed E-state index contributed by atoms with van der Waals surface area (Å²) in [6.45, 7) is 4.53. The number of nitrogens with two attached hydrogens (primary N) is 1. The summed E-state index contributed by atoms with van der Waals surface area (Å²) < 4.78 is 5.34. The summed E-state index contributed by atoms with van der Waals surface area (Å²) >= 11 is 0. The Labute approximate surface area is 95.0 Å². The van der Waals surface area contributed by atoms with E-state index < -0.39 is 0 Å². The maximum atomic E-state index is 11.6. The van der Waals surface area contributed by atoms with Gasteiger partial charge in [0.05, 0.1) is 12.6 Å². The van der Waals surface area contributed by atoms with Gasteiger partial charge in [-0.15, -0.1) is 0 Å². The zero-order valence-corrected chi connectivity index (χ0v) is 9.51. The Morgan fingerprint density at radius 1 is 1.38 bits per heavy atom. The van der Waals surface area contributed by atoms with Gasteiger partial charge in [-0.2, -0.15) is 0 Å². The normalized spacial score (nSPS) is 24.2. The van der Waals surface area contributed by atoms with Gasteiger partial charge in [0.25, 0.3) is 0 Å². The summed E-state index contributed by atoms with van der Waals surface area (Å²) in [4.78, 5) is 13.3. The summed E-state index contributed by atoms with van der Waals surface area (Å²) in [6, 6.07) is 7.21. The van der Waals surface area contributed by atoms with Gasteiger partial charge in [-0.3, -0.25) is 4.79 Å². The third kappa shape index (κ3) is 1.65. The van der Waals surface area contributed by atoms with Crippen molar-refractivity contribution < 1.29 is 9.53 Å². The molecule has 16 heavy (non-hydrogen) atoms. The average molecular weight is 220 g/mol. The molecule has 4 heteroatoms. The molecule has 0 aromatic heterocycles. The minimum absolute atomic E-state index is 0.0170. The van der Waals surface area contributed by atoms with Crippen molar-refractivity contribution in [2.45, 2.75) is 25.9 Å². The number of hydrogen-bond donors (Lipinski definition) is 1. The molecule has 1 fully saturated rings. The first kappa shape index (κ1) is 11.0. The van der Waals surface area contributed by atoms with E-state index in [0.717, 1.165) is 11.4 Å². The van der Waals surface area contributed by atoms with Crippen LogP contribution >= 0.6 is 0 Å². The van der Waals surface area contributed by atoms with Gasteiger partial charge in [0.15, 0.2) is 0 Å². The average Bonchev–Trinajstić information content (AvgIpc) is 2.31. The lowest BCUT2D eigenvalue weighted by molar-refractivity contribution is -0.125. The number of anilines is 1. The van der Waals surface area contributed by atoms with Gasteiger partial charge in [-0.05, 0) is 38.1 Å². The number of benzene rings is 1. The van der Waals surface area contributed by atoms with Crippen molar-refractivity contribution >= 4 is 11.6 Å². The lowest BCUT2D eigenvalue weighted by Crippen LogP contribution is -2.67. The van der Waals surface area contributed by atoms with E-state index in [-0.39, 0.29) is 18.0 Å². The third-order valence-electron chi connectivity index (χ3n) is 2.88. The molecular weight excluding hydrogens is 204 g/mol. The maximum absolute atomic E-state index is 11.6. The Kier molecular flexibility index (Phi) is 2.83. The van der Waals surface area contributed by atoms with E-state index in [1.54, 1.807) is 4.90 Å². The zero-order chi connectivity index (χ0) is 11.7. The molecule has 2 rings (SSSR count). The number of ether oxygens (including phenoxy) is 1. The Morgan fingerprint density at radius 3 is 2.50 bits per heavy atom. The van der Waals surface area contributed by atoms with E-state index in [1.807, 2.05) is 38.1 Å². The predicted molar refractivity (Wildman–Crippen MR) is 62.5 cm³/mol. The molecule has 4 nitrogen and oxygen atoms in total. The number of β-lactam (4-membered cyclic amide) rings is 1. The summed E-state index contributed by atoms with van der Waals surface area (Å²) in [5.74, 6) is 0.799. The van der Waals surface area contributed by atoms with Crippen molar-refractivity contribution in [3.8, 4) is 5.75 Å². The molecule has 0 radical (unpaired) electrons. The van der Waals surface area contributed by atoms with Crippen molar-refractivity contribution in [2.75, 3.05) is 11.5 Å². The van der Waals surface area contributed by atoms with Crippen LogP contribution in [0.4, 0.5) is 5.69 Å². The van der Waals surface area contributed by atoms with Gasteiger partial charge in [-0.25, -0.2) is 0 Å². The highest BCUT2D eigenvalue weighted by Gasteiger charge is 2.42. The molecule has 0 bridgehead atoms. The van der Waals surface area contributed by atoms with Crippen LogP contribution in [0.5, 0.6) is 5.75 Å². The van der Waals surface area contributed by atoms with Gasteiger partial charge in [0, 0.05) is 5.69 Å². The molecule has 0 unspecified atom stereocenters. The standard InChI is InChI=1S/C12H16N2O2/c1-3-16-10-6-4-9(5-7-10)14-8(2)11(13)12(14)15/h4-8,11H,3,13H2,1-2H3/t8-,11+/m0/s1. The van der Waals surface area contributed by atoms with E-state index in [9.17, 15) is 4.79 Å². The van der Waals surface area contributed by atoms with E-state index in [4.69, 9.17) is 10.5 Å². The molecular formula is C12H16N2O2. The van der Waals surface area contributed by atoms with E-state index in [0.29, 0.717) is 6.61 Å². The zero-order valence-electron chi connectivity index (χ0n) is 9.51. The number of rotatable bonds is 3. The largest absolute Gasteiger partial charge is 0.494 e. The smallest absolute Gasteiger partial charge is 0.246 e. The number of hydrogen-bond acceptors (Lipinski definition) is 3. The highest BCUT2D eigenvalue weighted by atomic mass is 16.5. The molecule has 86 valence electrons. The summed E-state index contributed by atoms with van der Waals surface area (Å²) in [5, 5.41) is 0. The maximum Gasteiger partial charge on any atom is 0.246 e. The first-order valence-corrected chi connectivity index (χ1v) is 5.46. The van der Waals surface area contributed by atoms with Crippen LogP contribution in [-0.2, 0) is 4.79 Å². The van der Waals surface area contributed by atoms with Crippen molar-refractivity contribution in [1.29, 1.82) is 0 Å². The molecule has 1 aliphatic heterocycles. The Bertz CT molecular complexity index is 389. The van der Waals surface area contributed by atoms with Crippen LogP contribution in [0, 0.1) is 0 Å². The van der Waals surface area contributed by atoms with Crippen molar-refractivity contribution in [2.24, 2.45) is 5.73 Å². The van der Waals surface area contributed by atoms with E-state index in [2.05, 4.69) is 0 Å². The summed E-state index contributed by atoms with van der Waals surface area (Å²) in [6.07, 6.45) is 0. The highest BCUT2D eigenvalue weighted by molar-refractivity contribution is 6.05. The van der Waals surface area contributed by atoms with Gasteiger partial charge in [0.2, 0.25) is 5.91 Å². The third-order valence-corrected chi connectivity index (χ3v) is 2.88. The van der Waals surface area contributed by atoms with Gasteiger partial charge < -0.3 is 15.4 Å². The molecule has 1 aliphatic rings. The fourth-order valence-electron chi connectivity index (χ4n) is 1.88. The number of carbonyl (C=O) groups excluding carboxylic acids is 1. The molecule has 0 saturated carbocycles. The number of nitrogens with zero attached hydrogens (tertiary/aromatic N) is 1. The second-order valence-electron chi connectivity index (χ2n) is 3.90. The quantitative estimate of drug-likeness (QED) is 0.777. The first-order chi connectivity index (χ1) is 7.65. The van der Waals surface area contributed by atoms with Crippen molar-refractivity contribution in [3.63, 3.8) is 0 Å². The first-order valence-electron chi connectivity index (χ1n) is 5.46. The topological polar surface area (TPSA) is 55.6 Å². The van der Waals surface area contributed by atoms with Crippen LogP contribution in [0.15, 0.2) is 24.3 Å². The Morgan fingerprint density at radius 2 is 2.00 bits per heavy atom. The van der Waals surface area contributed by atoms with E-state index in [1.165, 1.54) is 0 Å². The van der Waals surface area contributed by atoms with Crippen LogP contribution in [-0.4, -0.2) is 24.6 Å². The highest BCUT2D eigenvalue weighted by Crippen LogP contribution is 2.28. The Hall–Kier alpha value is -1.55. The van der Waals surface area contributed by atoms with Crippen LogP contribution < -0.4 is 15.4 Å². The molecule has 1 aromatic carbocycles. The molecule has 1 aromatic rings. The second-order valence-corrected chi connectivity index (χ2v) is 3.90. The molecule has 2 atom stereocenters. The van der Waals surface area contributed by atoms with Crippen LogP contribution in [0.2, 0.25) is 0 Å². The number of carbonyl (C=O) groups is 1. The fraction of sp³-hybridized carbons (Fsp3) is 0.417. The van der Waals surface area contributed by atoms with Crippen LogP contribution in [0.25, 0.3) is 0 Å². The molecule has 2 N–H and O–H groups in total. The van der Waals surface area contributed by atoms with Crippen LogP contribution in [0.1, 0.15) is 13.8 Å². The van der Waals surface area contributed by atoms with Crippen LogP contribution in [0.3, 0.4) is 0 Å². The van der Waals surface area contributed by atoms with E-state index >= 15 is 0 Å². The van der Waals surface area contributed by atoms with Gasteiger partial charge >= 0.3 is 0 Å². The molecule has 1 heterocycles. The fourth-order valence-corrected chi connectivity index (χ4v) is 1.88. The monoisotopic (exact) mass is 220 g/mol. The summed E-state index contributed by atoms with van der Waals surface area (Å²) in [7, 11) is 0. The lowest BCUT2D eigenvalue weighted by Gasteiger charge is -2.43. The Balaban J connectivity index is 2.13. The van der Waals surface area contributed by atoms with Crippen molar-refractivity contribution in [1.82, 2.24) is 0 Å². The van der Waals surface area contributed by atoms with Crippen molar-refractivity contribution in [3.05, 3.63) is 24.3 Å². The molecule has 0 aliphatic carbocycles. The minimum atomic E-state index is -0.355. The minimum Gasteiger partial charge on any atom is -0.494 e.